The van der Waals surface area contributed by atoms with Crippen LogP contribution in [0.15, 0.2) is 24.3 Å². The molecule has 0 spiro atoms. The van der Waals surface area contributed by atoms with Gasteiger partial charge >= 0.3 is 0 Å². The normalized spacial score (nSPS) is 20.2. The molecule has 2 rings (SSSR count). The van der Waals surface area contributed by atoms with Crippen molar-refractivity contribution in [2.24, 2.45) is 11.8 Å². The SMILES string of the molecule is CC(C)[C@H](CO)NC(=O)[C@@H](C)c1ccc(C[C@@H]2CCCC2=O)cc1. The summed E-state index contributed by atoms with van der Waals surface area (Å²) in [7, 11) is 0. The summed E-state index contributed by atoms with van der Waals surface area (Å²) in [5.74, 6) is 0.419. The minimum absolute atomic E-state index is 0.0511. The maximum absolute atomic E-state index is 12.4. The third-order valence-electron chi connectivity index (χ3n) is 5.12. The number of Topliss-reactive ketones (excluding diaryl/α,β-unsaturated/α-hetero) is 1. The smallest absolute Gasteiger partial charge is 0.227 e. The molecule has 1 aromatic carbocycles. The molecule has 1 aromatic rings. The van der Waals surface area contributed by atoms with Gasteiger partial charge in [0.1, 0.15) is 5.78 Å². The second-order valence-corrected chi connectivity index (χ2v) is 7.26. The van der Waals surface area contributed by atoms with E-state index in [9.17, 15) is 14.7 Å². The van der Waals surface area contributed by atoms with E-state index in [1.54, 1.807) is 0 Å². The van der Waals surface area contributed by atoms with E-state index in [2.05, 4.69) is 5.32 Å². The van der Waals surface area contributed by atoms with Gasteiger partial charge in [-0.3, -0.25) is 9.59 Å². The summed E-state index contributed by atoms with van der Waals surface area (Å²) in [4.78, 5) is 24.1. The molecule has 1 saturated carbocycles. The third-order valence-corrected chi connectivity index (χ3v) is 5.12. The van der Waals surface area contributed by atoms with Crippen molar-refractivity contribution in [3.63, 3.8) is 0 Å². The Morgan fingerprint density at radius 3 is 2.42 bits per heavy atom. The topological polar surface area (TPSA) is 66.4 Å². The molecule has 132 valence electrons. The maximum atomic E-state index is 12.4. The summed E-state index contributed by atoms with van der Waals surface area (Å²) in [5, 5.41) is 12.3. The maximum Gasteiger partial charge on any atom is 0.227 e. The van der Waals surface area contributed by atoms with E-state index in [0.29, 0.717) is 5.78 Å². The van der Waals surface area contributed by atoms with Crippen LogP contribution in [0.1, 0.15) is 57.1 Å². The number of aliphatic hydroxyl groups excluding tert-OH is 1. The highest BCUT2D eigenvalue weighted by molar-refractivity contribution is 5.84. The Labute approximate surface area is 144 Å². The highest BCUT2D eigenvalue weighted by Gasteiger charge is 2.25. The van der Waals surface area contributed by atoms with Gasteiger partial charge in [-0.05, 0) is 43.2 Å². The highest BCUT2D eigenvalue weighted by atomic mass is 16.3. The van der Waals surface area contributed by atoms with E-state index in [1.807, 2.05) is 45.0 Å². The molecule has 0 unspecified atom stereocenters. The average molecular weight is 331 g/mol. The average Bonchev–Trinajstić information content (AvgIpc) is 2.97. The zero-order chi connectivity index (χ0) is 17.7. The summed E-state index contributed by atoms with van der Waals surface area (Å²) in [6.45, 7) is 5.78. The van der Waals surface area contributed by atoms with Gasteiger partial charge in [0.2, 0.25) is 5.91 Å². The molecule has 0 heterocycles. The predicted molar refractivity (Wildman–Crippen MR) is 94.8 cm³/mol. The van der Waals surface area contributed by atoms with Crippen molar-refractivity contribution in [1.29, 1.82) is 0 Å². The molecule has 0 aromatic heterocycles. The number of hydrogen-bond acceptors (Lipinski definition) is 3. The summed E-state index contributed by atoms with van der Waals surface area (Å²) in [6.07, 6.45) is 3.54. The molecule has 2 N–H and O–H groups in total. The molecule has 0 radical (unpaired) electrons. The summed E-state index contributed by atoms with van der Waals surface area (Å²) in [6, 6.07) is 7.78. The molecule has 1 amide bonds. The van der Waals surface area contributed by atoms with Crippen molar-refractivity contribution in [2.45, 2.75) is 58.4 Å². The number of amides is 1. The lowest BCUT2D eigenvalue weighted by Gasteiger charge is -2.22. The van der Waals surface area contributed by atoms with Crippen LogP contribution in [0.5, 0.6) is 0 Å². The minimum atomic E-state index is -0.264. The van der Waals surface area contributed by atoms with Gasteiger partial charge < -0.3 is 10.4 Å². The standard InChI is InChI=1S/C20H29NO3/c1-13(2)18(12-22)21-20(24)14(3)16-9-7-15(8-10-16)11-17-5-4-6-19(17)23/h7-10,13-14,17-18,22H,4-6,11-12H2,1-3H3,(H,21,24)/t14-,17-,18-/m0/s1. The Bertz CT molecular complexity index is 565. The Morgan fingerprint density at radius 1 is 1.25 bits per heavy atom. The van der Waals surface area contributed by atoms with Crippen LogP contribution in [0.4, 0.5) is 0 Å². The molecule has 4 heteroatoms. The Hall–Kier alpha value is -1.68. The fraction of sp³-hybridized carbons (Fsp3) is 0.600. The van der Waals surface area contributed by atoms with Crippen LogP contribution in [0, 0.1) is 11.8 Å². The van der Waals surface area contributed by atoms with Crippen LogP contribution >= 0.6 is 0 Å². The Kier molecular flexibility index (Phi) is 6.55. The molecular weight excluding hydrogens is 302 g/mol. The number of nitrogens with one attached hydrogen (secondary N) is 1. The van der Waals surface area contributed by atoms with Crippen molar-refractivity contribution in [3.8, 4) is 0 Å². The second kappa shape index (κ2) is 8.43. The fourth-order valence-electron chi connectivity index (χ4n) is 3.21. The lowest BCUT2D eigenvalue weighted by atomic mass is 9.93. The summed E-state index contributed by atoms with van der Waals surface area (Å²) in [5.41, 5.74) is 2.11. The molecule has 0 bridgehead atoms. The van der Waals surface area contributed by atoms with Crippen molar-refractivity contribution in [1.82, 2.24) is 5.32 Å². The molecule has 1 aliphatic rings. The van der Waals surface area contributed by atoms with E-state index in [-0.39, 0.29) is 36.3 Å². The molecule has 1 aliphatic carbocycles. The van der Waals surface area contributed by atoms with E-state index in [0.717, 1.165) is 36.8 Å². The van der Waals surface area contributed by atoms with Gasteiger partial charge in [0.05, 0.1) is 18.6 Å². The van der Waals surface area contributed by atoms with Crippen molar-refractivity contribution < 1.29 is 14.7 Å². The molecule has 0 aliphatic heterocycles. The van der Waals surface area contributed by atoms with E-state index >= 15 is 0 Å². The van der Waals surface area contributed by atoms with E-state index < -0.39 is 0 Å². The first-order valence-corrected chi connectivity index (χ1v) is 8.95. The number of benzene rings is 1. The fourth-order valence-corrected chi connectivity index (χ4v) is 3.21. The first-order chi connectivity index (χ1) is 11.4. The Balaban J connectivity index is 1.96. The first kappa shape index (κ1) is 18.7. The summed E-state index contributed by atoms with van der Waals surface area (Å²) < 4.78 is 0. The molecule has 4 nitrogen and oxygen atoms in total. The van der Waals surface area contributed by atoms with Gasteiger partial charge in [0.25, 0.3) is 0 Å². The zero-order valence-electron chi connectivity index (χ0n) is 14.9. The largest absolute Gasteiger partial charge is 0.394 e. The number of hydrogen-bond donors (Lipinski definition) is 2. The van der Waals surface area contributed by atoms with Crippen molar-refractivity contribution >= 4 is 11.7 Å². The number of aliphatic hydroxyl groups is 1. The van der Waals surface area contributed by atoms with Crippen LogP contribution < -0.4 is 5.32 Å². The van der Waals surface area contributed by atoms with Gasteiger partial charge in [-0.15, -0.1) is 0 Å². The van der Waals surface area contributed by atoms with Gasteiger partial charge in [-0.2, -0.15) is 0 Å². The van der Waals surface area contributed by atoms with Gasteiger partial charge in [-0.1, -0.05) is 38.1 Å². The quantitative estimate of drug-likeness (QED) is 0.807. The lowest BCUT2D eigenvalue weighted by molar-refractivity contribution is -0.123. The Morgan fingerprint density at radius 2 is 1.92 bits per heavy atom. The highest BCUT2D eigenvalue weighted by Crippen LogP contribution is 2.26. The monoisotopic (exact) mass is 331 g/mol. The van der Waals surface area contributed by atoms with E-state index in [4.69, 9.17) is 0 Å². The predicted octanol–water partition coefficient (Wildman–Crippen LogP) is 2.83. The van der Waals surface area contributed by atoms with Crippen LogP contribution in [0.2, 0.25) is 0 Å². The lowest BCUT2D eigenvalue weighted by Crippen LogP contribution is -2.42. The zero-order valence-corrected chi connectivity index (χ0v) is 14.9. The van der Waals surface area contributed by atoms with Crippen LogP contribution in [0.25, 0.3) is 0 Å². The summed E-state index contributed by atoms with van der Waals surface area (Å²) >= 11 is 0. The second-order valence-electron chi connectivity index (χ2n) is 7.26. The molecule has 3 atom stereocenters. The molecule has 1 fully saturated rings. The molecular formula is C20H29NO3. The third kappa shape index (κ3) is 4.67. The van der Waals surface area contributed by atoms with Crippen LogP contribution in [0.3, 0.4) is 0 Å². The number of ketones is 1. The minimum Gasteiger partial charge on any atom is -0.394 e. The van der Waals surface area contributed by atoms with E-state index in [1.165, 1.54) is 0 Å². The van der Waals surface area contributed by atoms with Crippen molar-refractivity contribution in [2.75, 3.05) is 6.61 Å². The van der Waals surface area contributed by atoms with Gasteiger partial charge in [-0.25, -0.2) is 0 Å². The molecule has 24 heavy (non-hydrogen) atoms. The molecule has 0 saturated heterocycles. The first-order valence-electron chi connectivity index (χ1n) is 8.95. The van der Waals surface area contributed by atoms with Crippen LogP contribution in [-0.4, -0.2) is 29.4 Å². The van der Waals surface area contributed by atoms with Crippen molar-refractivity contribution in [3.05, 3.63) is 35.4 Å². The van der Waals surface area contributed by atoms with Crippen LogP contribution in [-0.2, 0) is 16.0 Å². The van der Waals surface area contributed by atoms with Gasteiger partial charge in [0, 0.05) is 12.3 Å². The number of rotatable bonds is 7. The number of carbonyl (C=O) groups excluding carboxylic acids is 2. The van der Waals surface area contributed by atoms with Gasteiger partial charge in [0.15, 0.2) is 0 Å². The number of carbonyl (C=O) groups is 2.